The fraction of sp³-hybridized carbons (Fsp3) is 0.421. The van der Waals surface area contributed by atoms with Crippen LogP contribution in [0.3, 0.4) is 0 Å². The van der Waals surface area contributed by atoms with Crippen LogP contribution in [0.4, 0.5) is 0 Å². The van der Waals surface area contributed by atoms with E-state index in [1.165, 1.54) is 0 Å². The van der Waals surface area contributed by atoms with Crippen LogP contribution in [0.1, 0.15) is 52.7 Å². The van der Waals surface area contributed by atoms with Crippen LogP contribution in [-0.2, 0) is 10.8 Å². The van der Waals surface area contributed by atoms with Crippen LogP contribution in [0.25, 0.3) is 10.8 Å². The van der Waals surface area contributed by atoms with Crippen LogP contribution >= 0.6 is 0 Å². The number of hydrogen-bond acceptors (Lipinski definition) is 1. The maximum absolute atomic E-state index is 12.7. The number of hydrogen-bond donors (Lipinski definition) is 0. The van der Waals surface area contributed by atoms with Gasteiger partial charge in [-0.05, 0) is 33.2 Å². The minimum Gasteiger partial charge on any atom is -0.290 e. The number of benzene rings is 1. The summed E-state index contributed by atoms with van der Waals surface area (Å²) in [6.45, 7) is 12.8. The van der Waals surface area contributed by atoms with Gasteiger partial charge in [0, 0.05) is 5.56 Å². The molecule has 0 heterocycles. The molecular weight excluding hydrogens is 244 g/mol. The molecule has 0 saturated heterocycles. The summed E-state index contributed by atoms with van der Waals surface area (Å²) in [5.41, 5.74) is 1.95. The number of fused-ring (bicyclic) bond motifs is 1. The van der Waals surface area contributed by atoms with Crippen molar-refractivity contribution in [3.63, 3.8) is 0 Å². The van der Waals surface area contributed by atoms with Gasteiger partial charge in [-0.3, -0.25) is 4.79 Å². The molecule has 0 bridgehead atoms. The van der Waals surface area contributed by atoms with Gasteiger partial charge in [-0.1, -0.05) is 71.9 Å². The molecule has 0 radical (unpaired) electrons. The summed E-state index contributed by atoms with van der Waals surface area (Å²) in [4.78, 5) is 12.7. The van der Waals surface area contributed by atoms with Crippen molar-refractivity contribution in [3.8, 4) is 0 Å². The van der Waals surface area contributed by atoms with Crippen LogP contribution < -0.4 is 5.43 Å². The van der Waals surface area contributed by atoms with Crippen molar-refractivity contribution >= 4 is 10.8 Å². The molecule has 0 aliphatic rings. The molecule has 0 amide bonds. The Morgan fingerprint density at radius 1 is 0.800 bits per heavy atom. The average molecular weight is 268 g/mol. The highest BCUT2D eigenvalue weighted by atomic mass is 16.1. The van der Waals surface area contributed by atoms with Gasteiger partial charge < -0.3 is 0 Å². The maximum Gasteiger partial charge on any atom is 0.183 e. The van der Waals surface area contributed by atoms with Gasteiger partial charge in [-0.15, -0.1) is 0 Å². The van der Waals surface area contributed by atoms with Gasteiger partial charge in [0.05, 0.1) is 0 Å². The van der Waals surface area contributed by atoms with E-state index in [0.717, 1.165) is 21.9 Å². The summed E-state index contributed by atoms with van der Waals surface area (Å²) in [6.07, 6.45) is 0. The molecule has 0 saturated carbocycles. The first-order chi connectivity index (χ1) is 9.10. The third kappa shape index (κ3) is 2.77. The van der Waals surface area contributed by atoms with Crippen LogP contribution in [-0.4, -0.2) is 0 Å². The highest BCUT2D eigenvalue weighted by Crippen LogP contribution is 2.29. The number of rotatable bonds is 0. The Labute approximate surface area is 121 Å². The molecule has 1 heteroatoms. The third-order valence-corrected chi connectivity index (χ3v) is 3.69. The standard InChI is InChI=1S/C19H24O/c1-18(2,3)14-11-13-9-7-8-10-15(13)17(16(20)12-14)19(4,5)6/h7-12H,1-6H3. The first-order valence-corrected chi connectivity index (χ1v) is 7.19. The van der Waals surface area contributed by atoms with Crippen LogP contribution in [0.2, 0.25) is 0 Å². The van der Waals surface area contributed by atoms with E-state index in [0.29, 0.717) is 0 Å². The van der Waals surface area contributed by atoms with E-state index in [9.17, 15) is 4.79 Å². The molecule has 106 valence electrons. The fourth-order valence-electron chi connectivity index (χ4n) is 2.61. The normalized spacial score (nSPS) is 12.7. The summed E-state index contributed by atoms with van der Waals surface area (Å²) in [5, 5.41) is 2.21. The second-order valence-electron chi connectivity index (χ2n) is 7.57. The molecule has 0 N–H and O–H groups in total. The molecule has 0 atom stereocenters. The van der Waals surface area contributed by atoms with E-state index < -0.39 is 0 Å². The lowest BCUT2D eigenvalue weighted by Gasteiger charge is -2.18. The smallest absolute Gasteiger partial charge is 0.183 e. The predicted octanol–water partition coefficient (Wildman–Crippen LogP) is 4.80. The Balaban J connectivity index is 3.02. The Bertz CT molecular complexity index is 697. The van der Waals surface area contributed by atoms with Gasteiger partial charge in [0.1, 0.15) is 0 Å². The fourth-order valence-corrected chi connectivity index (χ4v) is 2.61. The van der Waals surface area contributed by atoms with Crippen molar-refractivity contribution in [3.05, 3.63) is 57.7 Å². The van der Waals surface area contributed by atoms with Crippen molar-refractivity contribution in [2.75, 3.05) is 0 Å². The van der Waals surface area contributed by atoms with E-state index in [4.69, 9.17) is 0 Å². The summed E-state index contributed by atoms with van der Waals surface area (Å²) in [5.74, 6) is 0. The monoisotopic (exact) mass is 268 g/mol. The summed E-state index contributed by atoms with van der Waals surface area (Å²) in [7, 11) is 0. The van der Waals surface area contributed by atoms with Crippen LogP contribution in [0.15, 0.2) is 41.2 Å². The Morgan fingerprint density at radius 3 is 1.95 bits per heavy atom. The highest BCUT2D eigenvalue weighted by molar-refractivity contribution is 5.86. The Kier molecular flexibility index (Phi) is 3.49. The SMILES string of the molecule is CC(C)(C)c1cc(=O)c(C(C)(C)C)c2ccccc2c1. The molecule has 0 spiro atoms. The van der Waals surface area contributed by atoms with Crippen molar-refractivity contribution < 1.29 is 0 Å². The van der Waals surface area contributed by atoms with E-state index in [-0.39, 0.29) is 16.3 Å². The Morgan fingerprint density at radius 2 is 1.40 bits per heavy atom. The lowest BCUT2D eigenvalue weighted by atomic mass is 9.85. The van der Waals surface area contributed by atoms with Crippen molar-refractivity contribution in [1.29, 1.82) is 0 Å². The molecule has 2 aromatic rings. The molecule has 0 unspecified atom stereocenters. The minimum absolute atomic E-state index is 0.0316. The molecule has 0 aliphatic heterocycles. The molecule has 0 aliphatic carbocycles. The second-order valence-corrected chi connectivity index (χ2v) is 7.57. The van der Waals surface area contributed by atoms with Crippen molar-refractivity contribution in [2.24, 2.45) is 0 Å². The van der Waals surface area contributed by atoms with E-state index in [1.807, 2.05) is 18.2 Å². The maximum atomic E-state index is 12.7. The van der Waals surface area contributed by atoms with Crippen LogP contribution in [0.5, 0.6) is 0 Å². The summed E-state index contributed by atoms with van der Waals surface area (Å²) in [6, 6.07) is 12.2. The first-order valence-electron chi connectivity index (χ1n) is 7.19. The lowest BCUT2D eigenvalue weighted by molar-refractivity contribution is 0.584. The molecule has 1 nitrogen and oxygen atoms in total. The Hall–Kier alpha value is -1.63. The van der Waals surface area contributed by atoms with Gasteiger partial charge in [0.15, 0.2) is 5.43 Å². The highest BCUT2D eigenvalue weighted by Gasteiger charge is 2.22. The molecule has 2 rings (SSSR count). The molecule has 0 fully saturated rings. The average Bonchev–Trinajstić information content (AvgIpc) is 2.42. The molecule has 0 aromatic heterocycles. The quantitative estimate of drug-likeness (QED) is 0.671. The zero-order valence-electron chi connectivity index (χ0n) is 13.4. The zero-order chi connectivity index (χ0) is 15.1. The van der Waals surface area contributed by atoms with Crippen molar-refractivity contribution in [1.82, 2.24) is 0 Å². The van der Waals surface area contributed by atoms with E-state index >= 15 is 0 Å². The minimum atomic E-state index is -0.162. The van der Waals surface area contributed by atoms with E-state index in [2.05, 4.69) is 59.7 Å². The van der Waals surface area contributed by atoms with Gasteiger partial charge in [-0.25, -0.2) is 0 Å². The largest absolute Gasteiger partial charge is 0.290 e. The lowest BCUT2D eigenvalue weighted by Crippen LogP contribution is -2.22. The van der Waals surface area contributed by atoms with Crippen molar-refractivity contribution in [2.45, 2.75) is 52.4 Å². The van der Waals surface area contributed by atoms with Gasteiger partial charge >= 0.3 is 0 Å². The first kappa shape index (κ1) is 14.8. The summed E-state index contributed by atoms with van der Waals surface area (Å²) < 4.78 is 0. The third-order valence-electron chi connectivity index (χ3n) is 3.69. The topological polar surface area (TPSA) is 17.1 Å². The second kappa shape index (κ2) is 4.73. The van der Waals surface area contributed by atoms with E-state index in [1.54, 1.807) is 0 Å². The zero-order valence-corrected chi connectivity index (χ0v) is 13.4. The van der Waals surface area contributed by atoms with Crippen LogP contribution in [0, 0.1) is 0 Å². The molecular formula is C19H24O. The van der Waals surface area contributed by atoms with Gasteiger partial charge in [0.2, 0.25) is 0 Å². The van der Waals surface area contributed by atoms with Gasteiger partial charge in [-0.2, -0.15) is 0 Å². The summed E-state index contributed by atoms with van der Waals surface area (Å²) >= 11 is 0. The molecule has 2 aromatic carbocycles. The van der Waals surface area contributed by atoms with Gasteiger partial charge in [0.25, 0.3) is 0 Å². The molecule has 20 heavy (non-hydrogen) atoms. The predicted molar refractivity (Wildman–Crippen MR) is 87.6 cm³/mol.